The summed E-state index contributed by atoms with van der Waals surface area (Å²) in [6.45, 7) is 1.85. The topological polar surface area (TPSA) is 57.2 Å². The zero-order chi connectivity index (χ0) is 19.8. The normalized spacial score (nSPS) is 11.0. The number of halogens is 3. The lowest BCUT2D eigenvalue weighted by molar-refractivity contribution is 0.0959. The number of hydrogen-bond acceptors (Lipinski definition) is 3. The first-order valence-corrected chi connectivity index (χ1v) is 8.28. The number of nitrogens with zero attached hydrogens (tertiary/aromatic N) is 2. The van der Waals surface area contributed by atoms with Crippen LogP contribution in [-0.4, -0.2) is 10.9 Å². The van der Waals surface area contributed by atoms with Crippen molar-refractivity contribution in [1.29, 1.82) is 0 Å². The number of pyridine rings is 1. The van der Waals surface area contributed by atoms with Crippen molar-refractivity contribution in [1.82, 2.24) is 10.3 Å². The summed E-state index contributed by atoms with van der Waals surface area (Å²) in [6.07, 6.45) is 1.48. The van der Waals surface area contributed by atoms with Crippen LogP contribution in [0.5, 0.6) is 0 Å². The predicted molar refractivity (Wildman–Crippen MR) is 96.6 cm³/mol. The van der Waals surface area contributed by atoms with Gasteiger partial charge in [-0.1, -0.05) is 6.07 Å². The van der Waals surface area contributed by atoms with Gasteiger partial charge in [-0.05, 0) is 54.4 Å². The van der Waals surface area contributed by atoms with Crippen LogP contribution in [0.3, 0.4) is 0 Å². The molecule has 0 unspecified atom stereocenters. The fourth-order valence-electron chi connectivity index (χ4n) is 2.94. The molecule has 0 fully saturated rings. The first-order chi connectivity index (χ1) is 13.4. The number of aromatic nitrogens is 1. The molecule has 139 valence electrons. The molecule has 0 atom stereocenters. The molecule has 7 heteroatoms. The summed E-state index contributed by atoms with van der Waals surface area (Å²) >= 11 is 0. The van der Waals surface area contributed by atoms with Crippen LogP contribution in [-0.2, 0) is 0 Å². The maximum atomic E-state index is 13.7. The van der Waals surface area contributed by atoms with Gasteiger partial charge >= 0.3 is 0 Å². The van der Waals surface area contributed by atoms with Crippen LogP contribution < -0.4 is 5.32 Å². The lowest BCUT2D eigenvalue weighted by Gasteiger charge is -2.07. The van der Waals surface area contributed by atoms with E-state index in [0.29, 0.717) is 16.5 Å². The minimum atomic E-state index is -1.05. The molecule has 0 aliphatic rings. The minimum Gasteiger partial charge on any atom is -0.431 e. The average molecular weight is 381 g/mol. The Morgan fingerprint density at radius 1 is 1.04 bits per heavy atom. The van der Waals surface area contributed by atoms with E-state index in [-0.39, 0.29) is 5.82 Å². The Hall–Kier alpha value is -3.61. The summed E-state index contributed by atoms with van der Waals surface area (Å²) in [6, 6.07) is 10.4. The number of amides is 1. The molecule has 2 heterocycles. The van der Waals surface area contributed by atoms with Gasteiger partial charge in [0.2, 0.25) is 0 Å². The summed E-state index contributed by atoms with van der Waals surface area (Å²) in [5.41, 5.74) is 2.08. The number of furan rings is 1. The van der Waals surface area contributed by atoms with Gasteiger partial charge in [0.15, 0.2) is 5.82 Å². The highest BCUT2D eigenvalue weighted by Gasteiger charge is 2.19. The fourth-order valence-corrected chi connectivity index (χ4v) is 2.94. The zero-order valence-corrected chi connectivity index (χ0v) is 14.5. The summed E-state index contributed by atoms with van der Waals surface area (Å²) in [5.74, 6) is -3.00. The molecule has 0 aliphatic carbocycles. The third-order valence-electron chi connectivity index (χ3n) is 4.28. The van der Waals surface area contributed by atoms with Crippen molar-refractivity contribution in [3.05, 3.63) is 83.5 Å². The third kappa shape index (κ3) is 3.22. The zero-order valence-electron chi connectivity index (χ0n) is 14.5. The monoisotopic (exact) mass is 381 g/mol. The van der Waals surface area contributed by atoms with Crippen molar-refractivity contribution in [3.63, 3.8) is 0 Å². The molecule has 0 N–H and O–H groups in total. The van der Waals surface area contributed by atoms with Gasteiger partial charge in [0.1, 0.15) is 22.8 Å². The van der Waals surface area contributed by atoms with E-state index in [1.54, 1.807) is 18.2 Å². The van der Waals surface area contributed by atoms with Crippen LogP contribution in [0, 0.1) is 24.6 Å². The van der Waals surface area contributed by atoms with Gasteiger partial charge in [0.25, 0.3) is 11.9 Å². The van der Waals surface area contributed by atoms with Gasteiger partial charge < -0.3 is 4.42 Å². The van der Waals surface area contributed by atoms with Gasteiger partial charge in [-0.15, -0.1) is 0 Å². The maximum Gasteiger partial charge on any atom is 0.284 e. The second-order valence-electron chi connectivity index (χ2n) is 6.17. The first-order valence-electron chi connectivity index (χ1n) is 8.28. The SMILES string of the molecule is Cc1cc2oc(F)cc2cc1-c1ccc([N]C(=O)c2c(F)cccc2F)nc1. The van der Waals surface area contributed by atoms with E-state index in [1.165, 1.54) is 24.4 Å². The summed E-state index contributed by atoms with van der Waals surface area (Å²) in [5, 5.41) is 4.28. The second kappa shape index (κ2) is 6.84. The first kappa shape index (κ1) is 17.8. The van der Waals surface area contributed by atoms with Crippen LogP contribution >= 0.6 is 0 Å². The largest absolute Gasteiger partial charge is 0.431 e. The van der Waals surface area contributed by atoms with E-state index in [2.05, 4.69) is 10.3 Å². The molecule has 2 aromatic heterocycles. The lowest BCUT2D eigenvalue weighted by atomic mass is 10.0. The lowest BCUT2D eigenvalue weighted by Crippen LogP contribution is -2.15. The Morgan fingerprint density at radius 3 is 2.46 bits per heavy atom. The minimum absolute atomic E-state index is 0.0180. The summed E-state index contributed by atoms with van der Waals surface area (Å²) in [4.78, 5) is 16.2. The quantitative estimate of drug-likeness (QED) is 0.484. The molecule has 0 bridgehead atoms. The molecular weight excluding hydrogens is 369 g/mol. The Bertz CT molecular complexity index is 1180. The van der Waals surface area contributed by atoms with E-state index >= 15 is 0 Å². The fraction of sp³-hybridized carbons (Fsp3) is 0.0476. The van der Waals surface area contributed by atoms with Gasteiger partial charge in [-0.25, -0.2) is 13.8 Å². The molecule has 0 saturated heterocycles. The van der Waals surface area contributed by atoms with E-state index in [4.69, 9.17) is 4.42 Å². The highest BCUT2D eigenvalue weighted by molar-refractivity contribution is 5.96. The number of benzene rings is 2. The molecule has 1 amide bonds. The molecule has 0 saturated carbocycles. The van der Waals surface area contributed by atoms with Crippen LogP contribution in [0.15, 0.2) is 59.1 Å². The molecule has 4 rings (SSSR count). The smallest absolute Gasteiger partial charge is 0.284 e. The Labute approximate surface area is 157 Å². The van der Waals surface area contributed by atoms with E-state index in [0.717, 1.165) is 23.3 Å². The number of hydrogen-bond donors (Lipinski definition) is 0. The average Bonchev–Trinajstić information content (AvgIpc) is 3.00. The number of aryl methyl sites for hydroxylation is 1. The van der Waals surface area contributed by atoms with Crippen LogP contribution in [0.2, 0.25) is 0 Å². The van der Waals surface area contributed by atoms with Crippen molar-refractivity contribution in [2.24, 2.45) is 0 Å². The van der Waals surface area contributed by atoms with E-state index in [9.17, 15) is 18.0 Å². The molecule has 0 spiro atoms. The molecule has 4 nitrogen and oxygen atoms in total. The highest BCUT2D eigenvalue weighted by Crippen LogP contribution is 2.30. The van der Waals surface area contributed by atoms with Crippen LogP contribution in [0.4, 0.5) is 19.0 Å². The van der Waals surface area contributed by atoms with Crippen LogP contribution in [0.25, 0.3) is 22.1 Å². The molecule has 28 heavy (non-hydrogen) atoms. The van der Waals surface area contributed by atoms with Crippen molar-refractivity contribution < 1.29 is 22.4 Å². The summed E-state index contributed by atoms with van der Waals surface area (Å²) < 4.78 is 45.6. The van der Waals surface area contributed by atoms with E-state index < -0.39 is 29.1 Å². The number of fused-ring (bicyclic) bond motifs is 1. The molecule has 2 aromatic carbocycles. The Balaban J connectivity index is 1.61. The van der Waals surface area contributed by atoms with Gasteiger partial charge in [0.05, 0.1) is 0 Å². The predicted octanol–water partition coefficient (Wildman–Crippen LogP) is 5.30. The van der Waals surface area contributed by atoms with Gasteiger partial charge in [-0.2, -0.15) is 9.71 Å². The Kier molecular flexibility index (Phi) is 4.35. The second-order valence-corrected chi connectivity index (χ2v) is 6.17. The third-order valence-corrected chi connectivity index (χ3v) is 4.28. The maximum absolute atomic E-state index is 13.7. The Morgan fingerprint density at radius 2 is 1.79 bits per heavy atom. The number of carbonyl (C=O) groups is 1. The number of rotatable bonds is 3. The molecular formula is C21H12F3N2O2. The van der Waals surface area contributed by atoms with Crippen LogP contribution in [0.1, 0.15) is 15.9 Å². The van der Waals surface area contributed by atoms with Crippen molar-refractivity contribution in [2.75, 3.05) is 0 Å². The van der Waals surface area contributed by atoms with Crippen molar-refractivity contribution in [3.8, 4) is 11.1 Å². The van der Waals surface area contributed by atoms with Gasteiger partial charge in [-0.3, -0.25) is 4.79 Å². The van der Waals surface area contributed by atoms with E-state index in [1.807, 2.05) is 6.92 Å². The summed E-state index contributed by atoms with van der Waals surface area (Å²) in [7, 11) is 0. The van der Waals surface area contributed by atoms with Crippen molar-refractivity contribution in [2.45, 2.75) is 6.92 Å². The molecule has 0 aliphatic heterocycles. The molecule has 4 aromatic rings. The highest BCUT2D eigenvalue weighted by atomic mass is 19.1. The van der Waals surface area contributed by atoms with Gasteiger partial charge in [0, 0.05) is 23.2 Å². The molecule has 1 radical (unpaired) electrons. The standard InChI is InChI=1S/C21H12F3N2O2/c1-11-7-17-13(9-18(24)28-17)8-14(11)12-5-6-19(25-10-12)26-21(27)20-15(22)3-2-4-16(20)23/h2-10H,1H3. The van der Waals surface area contributed by atoms with Crippen molar-refractivity contribution >= 4 is 22.7 Å². The number of carbonyl (C=O) groups excluding carboxylic acids is 1.